The van der Waals surface area contributed by atoms with Crippen LogP contribution < -0.4 is 15.4 Å². The molecule has 1 rings (SSSR count). The first-order valence-corrected chi connectivity index (χ1v) is 6.68. The Morgan fingerprint density at radius 1 is 1.11 bits per heavy atom. The molecule has 0 unspecified atom stereocenters. The summed E-state index contributed by atoms with van der Waals surface area (Å²) in [6.45, 7) is 7.38. The number of benzene rings is 1. The SMILES string of the molecule is CNCCCNCCc1cc(C)cc(C)c1OC. The van der Waals surface area contributed by atoms with Crippen LogP contribution in [0, 0.1) is 13.8 Å². The Labute approximate surface area is 111 Å². The van der Waals surface area contributed by atoms with Crippen molar-refractivity contribution in [2.24, 2.45) is 0 Å². The number of hydrogen-bond acceptors (Lipinski definition) is 3. The molecule has 18 heavy (non-hydrogen) atoms. The predicted octanol–water partition coefficient (Wildman–Crippen LogP) is 2.05. The minimum atomic E-state index is 1.00. The zero-order valence-electron chi connectivity index (χ0n) is 12.1. The first kappa shape index (κ1) is 15.0. The van der Waals surface area contributed by atoms with Crippen molar-refractivity contribution in [3.05, 3.63) is 28.8 Å². The molecule has 0 aliphatic heterocycles. The maximum Gasteiger partial charge on any atom is 0.125 e. The highest BCUT2D eigenvalue weighted by molar-refractivity contribution is 5.43. The minimum absolute atomic E-state index is 1.00. The molecule has 1 aromatic rings. The van der Waals surface area contributed by atoms with Gasteiger partial charge in [-0.25, -0.2) is 0 Å². The molecule has 0 bridgehead atoms. The number of hydrogen-bond donors (Lipinski definition) is 2. The van der Waals surface area contributed by atoms with Gasteiger partial charge >= 0.3 is 0 Å². The van der Waals surface area contributed by atoms with Crippen LogP contribution in [-0.4, -0.2) is 33.8 Å². The lowest BCUT2D eigenvalue weighted by molar-refractivity contribution is 0.406. The molecule has 0 fully saturated rings. The lowest BCUT2D eigenvalue weighted by Gasteiger charge is -2.13. The fraction of sp³-hybridized carbons (Fsp3) is 0.600. The molecule has 102 valence electrons. The largest absolute Gasteiger partial charge is 0.496 e. The van der Waals surface area contributed by atoms with Crippen molar-refractivity contribution in [1.82, 2.24) is 10.6 Å². The van der Waals surface area contributed by atoms with Gasteiger partial charge in [0.1, 0.15) is 5.75 Å². The van der Waals surface area contributed by atoms with Crippen LogP contribution in [0.4, 0.5) is 0 Å². The Balaban J connectivity index is 2.46. The average molecular weight is 250 g/mol. The van der Waals surface area contributed by atoms with Gasteiger partial charge in [0, 0.05) is 0 Å². The van der Waals surface area contributed by atoms with E-state index in [0.29, 0.717) is 0 Å². The summed E-state index contributed by atoms with van der Waals surface area (Å²) in [6, 6.07) is 4.39. The van der Waals surface area contributed by atoms with Crippen molar-refractivity contribution in [2.45, 2.75) is 26.7 Å². The molecule has 0 saturated heterocycles. The molecular formula is C15H26N2O. The van der Waals surface area contributed by atoms with Gasteiger partial charge in [-0.15, -0.1) is 0 Å². The fourth-order valence-corrected chi connectivity index (χ4v) is 2.26. The highest BCUT2D eigenvalue weighted by Gasteiger charge is 2.06. The summed E-state index contributed by atoms with van der Waals surface area (Å²) in [4.78, 5) is 0. The summed E-state index contributed by atoms with van der Waals surface area (Å²) in [5, 5.41) is 6.61. The van der Waals surface area contributed by atoms with Gasteiger partial charge in [0.25, 0.3) is 0 Å². The van der Waals surface area contributed by atoms with Gasteiger partial charge < -0.3 is 15.4 Å². The molecule has 0 aliphatic carbocycles. The molecule has 1 aromatic carbocycles. The second kappa shape index (κ2) is 8.11. The van der Waals surface area contributed by atoms with E-state index in [-0.39, 0.29) is 0 Å². The van der Waals surface area contributed by atoms with Crippen LogP contribution in [0.5, 0.6) is 5.75 Å². The highest BCUT2D eigenvalue weighted by atomic mass is 16.5. The van der Waals surface area contributed by atoms with Crippen molar-refractivity contribution in [2.75, 3.05) is 33.8 Å². The number of ether oxygens (including phenoxy) is 1. The van der Waals surface area contributed by atoms with Crippen molar-refractivity contribution >= 4 is 0 Å². The molecule has 3 nitrogen and oxygen atoms in total. The van der Waals surface area contributed by atoms with Gasteiger partial charge in [0.2, 0.25) is 0 Å². The topological polar surface area (TPSA) is 33.3 Å². The molecule has 0 aliphatic rings. The van der Waals surface area contributed by atoms with Gasteiger partial charge in [0.05, 0.1) is 7.11 Å². The Morgan fingerprint density at radius 3 is 2.56 bits per heavy atom. The third-order valence-corrected chi connectivity index (χ3v) is 3.05. The van der Waals surface area contributed by atoms with Crippen LogP contribution in [-0.2, 0) is 6.42 Å². The molecule has 0 atom stereocenters. The van der Waals surface area contributed by atoms with E-state index in [1.54, 1.807) is 7.11 Å². The molecule has 0 spiro atoms. The molecule has 0 aromatic heterocycles. The Bertz CT molecular complexity index is 364. The Kier molecular flexibility index (Phi) is 6.76. The van der Waals surface area contributed by atoms with Crippen molar-refractivity contribution < 1.29 is 4.74 Å². The Morgan fingerprint density at radius 2 is 1.89 bits per heavy atom. The normalized spacial score (nSPS) is 10.7. The number of nitrogens with one attached hydrogen (secondary N) is 2. The minimum Gasteiger partial charge on any atom is -0.496 e. The number of aryl methyl sites for hydroxylation is 2. The zero-order valence-corrected chi connectivity index (χ0v) is 12.1. The second-order valence-electron chi connectivity index (χ2n) is 4.73. The quantitative estimate of drug-likeness (QED) is 0.693. The van der Waals surface area contributed by atoms with E-state index < -0.39 is 0 Å². The van der Waals surface area contributed by atoms with E-state index in [0.717, 1.165) is 31.8 Å². The summed E-state index contributed by atoms with van der Waals surface area (Å²) in [6.07, 6.45) is 2.19. The average Bonchev–Trinajstić information content (AvgIpc) is 2.33. The highest BCUT2D eigenvalue weighted by Crippen LogP contribution is 2.25. The summed E-state index contributed by atoms with van der Waals surface area (Å²) in [7, 11) is 3.74. The van der Waals surface area contributed by atoms with Crippen LogP contribution >= 0.6 is 0 Å². The zero-order chi connectivity index (χ0) is 13.4. The summed E-state index contributed by atoms with van der Waals surface area (Å²) < 4.78 is 5.49. The smallest absolute Gasteiger partial charge is 0.125 e. The predicted molar refractivity (Wildman–Crippen MR) is 77.6 cm³/mol. The molecule has 0 amide bonds. The summed E-state index contributed by atoms with van der Waals surface area (Å²) >= 11 is 0. The van der Waals surface area contributed by atoms with Crippen LogP contribution in [0.15, 0.2) is 12.1 Å². The van der Waals surface area contributed by atoms with Crippen molar-refractivity contribution in [1.29, 1.82) is 0 Å². The van der Waals surface area contributed by atoms with Gasteiger partial charge in [-0.05, 0) is 64.5 Å². The lowest BCUT2D eigenvalue weighted by atomic mass is 10.0. The van der Waals surface area contributed by atoms with Gasteiger partial charge in [-0.2, -0.15) is 0 Å². The molecule has 0 radical (unpaired) electrons. The van der Waals surface area contributed by atoms with Crippen LogP contribution in [0.25, 0.3) is 0 Å². The first-order chi connectivity index (χ1) is 8.69. The monoisotopic (exact) mass is 250 g/mol. The third-order valence-electron chi connectivity index (χ3n) is 3.05. The first-order valence-electron chi connectivity index (χ1n) is 6.68. The Hall–Kier alpha value is -1.06. The van der Waals surface area contributed by atoms with E-state index in [1.807, 2.05) is 7.05 Å². The van der Waals surface area contributed by atoms with E-state index in [4.69, 9.17) is 4.74 Å². The standard InChI is InChI=1S/C15H26N2O/c1-12-10-13(2)15(18-4)14(11-12)6-9-17-8-5-7-16-3/h10-11,16-17H,5-9H2,1-4H3. The lowest BCUT2D eigenvalue weighted by Crippen LogP contribution is -2.22. The second-order valence-corrected chi connectivity index (χ2v) is 4.73. The fourth-order valence-electron chi connectivity index (χ4n) is 2.26. The van der Waals surface area contributed by atoms with Crippen molar-refractivity contribution in [3.8, 4) is 5.75 Å². The van der Waals surface area contributed by atoms with Gasteiger partial charge in [0.15, 0.2) is 0 Å². The van der Waals surface area contributed by atoms with E-state index >= 15 is 0 Å². The summed E-state index contributed by atoms with van der Waals surface area (Å²) in [5.74, 6) is 1.04. The third kappa shape index (κ3) is 4.67. The number of rotatable bonds is 8. The van der Waals surface area contributed by atoms with E-state index in [9.17, 15) is 0 Å². The van der Waals surface area contributed by atoms with Crippen LogP contribution in [0.3, 0.4) is 0 Å². The van der Waals surface area contributed by atoms with Crippen LogP contribution in [0.2, 0.25) is 0 Å². The molecule has 3 heteroatoms. The van der Waals surface area contributed by atoms with E-state index in [2.05, 4.69) is 36.6 Å². The van der Waals surface area contributed by atoms with Gasteiger partial charge in [-0.1, -0.05) is 17.7 Å². The van der Waals surface area contributed by atoms with Crippen LogP contribution in [0.1, 0.15) is 23.1 Å². The molecule has 0 saturated carbocycles. The van der Waals surface area contributed by atoms with Gasteiger partial charge in [-0.3, -0.25) is 0 Å². The number of methoxy groups -OCH3 is 1. The molecule has 0 heterocycles. The molecular weight excluding hydrogens is 224 g/mol. The van der Waals surface area contributed by atoms with Crippen molar-refractivity contribution in [3.63, 3.8) is 0 Å². The maximum atomic E-state index is 5.49. The molecule has 2 N–H and O–H groups in total. The summed E-state index contributed by atoms with van der Waals surface area (Å²) in [5.41, 5.74) is 3.83. The maximum absolute atomic E-state index is 5.49. The van der Waals surface area contributed by atoms with E-state index in [1.165, 1.54) is 23.1 Å².